The molecular formula is C32H38N4O12. The normalized spacial score (nSPS) is 30.2. The van der Waals surface area contributed by atoms with Crippen LogP contribution in [0.5, 0.6) is 11.5 Å². The van der Waals surface area contributed by atoms with Gasteiger partial charge in [-0.1, -0.05) is 12.1 Å². The molecule has 48 heavy (non-hydrogen) atoms. The number of nitrogens with two attached hydrogens (primary N) is 2. The molecule has 3 aromatic carbocycles. The highest BCUT2D eigenvalue weighted by Crippen LogP contribution is 2.27. The van der Waals surface area contributed by atoms with E-state index in [0.29, 0.717) is 11.4 Å². The van der Waals surface area contributed by atoms with Crippen LogP contribution in [-0.2, 0) is 9.47 Å². The molecule has 2 fully saturated rings. The maximum atomic E-state index is 12.9. The monoisotopic (exact) mass is 670 g/mol. The summed E-state index contributed by atoms with van der Waals surface area (Å²) >= 11 is 0. The van der Waals surface area contributed by atoms with Crippen molar-refractivity contribution in [2.75, 3.05) is 23.8 Å². The summed E-state index contributed by atoms with van der Waals surface area (Å²) < 4.78 is 22.4. The van der Waals surface area contributed by atoms with Gasteiger partial charge in [0.15, 0.2) is 0 Å². The van der Waals surface area contributed by atoms with Crippen LogP contribution in [0.4, 0.5) is 11.4 Å². The quantitative estimate of drug-likeness (QED) is 0.117. The molecule has 0 radical (unpaired) electrons. The van der Waals surface area contributed by atoms with Crippen molar-refractivity contribution in [3.63, 3.8) is 0 Å². The van der Waals surface area contributed by atoms with Crippen LogP contribution < -0.4 is 31.6 Å². The molecule has 0 aliphatic carbocycles. The minimum atomic E-state index is -1.39. The smallest absolute Gasteiger partial charge is 0.255 e. The molecular weight excluding hydrogens is 632 g/mol. The van der Waals surface area contributed by atoms with Gasteiger partial charge in [0.2, 0.25) is 12.6 Å². The molecule has 2 aliphatic rings. The molecule has 0 spiro atoms. The summed E-state index contributed by atoms with van der Waals surface area (Å²) in [5.74, 6) is -0.458. The number of hydrogen-bond donors (Lipinski definition) is 10. The first kappa shape index (κ1) is 35.1. The number of carbonyl (C=O) groups is 2. The second-order valence-electron chi connectivity index (χ2n) is 11.3. The van der Waals surface area contributed by atoms with Crippen LogP contribution in [0.15, 0.2) is 72.8 Å². The topological polar surface area (TPSA) is 269 Å². The largest absolute Gasteiger partial charge is 0.463 e. The number of hydrogen-bond acceptors (Lipinski definition) is 14. The summed E-state index contributed by atoms with van der Waals surface area (Å²) in [6.07, 6.45) is -10.1. The van der Waals surface area contributed by atoms with Gasteiger partial charge in [0.05, 0.1) is 25.3 Å². The SMILES string of the molecule is NC1C(Oc2cccc(NC(=O)c3ccc(C(=O)Nc4cccc(OC5OC(CO)C(O)C(O)C5N)c4)cc3)c2)OC(CO)C(O)C1O. The molecule has 10 atom stereocenters. The highest BCUT2D eigenvalue weighted by atomic mass is 16.7. The number of benzene rings is 3. The Kier molecular flexibility index (Phi) is 11.2. The van der Waals surface area contributed by atoms with Crippen LogP contribution in [0.25, 0.3) is 0 Å². The van der Waals surface area contributed by atoms with Gasteiger partial charge in [-0.15, -0.1) is 0 Å². The molecule has 3 aromatic rings. The standard InChI is InChI=1S/C32H38N4O12/c33-23-27(41)25(39)21(13-37)47-31(23)45-19-5-1-3-17(11-19)35-29(43)15-7-9-16(10-8-15)30(44)36-18-4-2-6-20(12-18)46-32-24(34)28(42)26(40)22(14-38)48-32/h1-12,21-28,31-32,37-42H,13-14,33-34H2,(H,35,43)(H,36,44). The molecule has 2 aliphatic heterocycles. The highest BCUT2D eigenvalue weighted by molar-refractivity contribution is 6.07. The average Bonchev–Trinajstić information content (AvgIpc) is 3.09. The van der Waals surface area contributed by atoms with Crippen molar-refractivity contribution in [2.24, 2.45) is 11.5 Å². The first-order valence-electron chi connectivity index (χ1n) is 15.0. The summed E-state index contributed by atoms with van der Waals surface area (Å²) in [5, 5.41) is 64.6. The van der Waals surface area contributed by atoms with E-state index in [9.17, 15) is 40.2 Å². The Morgan fingerprint density at radius 3 is 1.35 bits per heavy atom. The molecule has 0 aromatic heterocycles. The lowest BCUT2D eigenvalue weighted by atomic mass is 9.98. The summed E-state index contributed by atoms with van der Waals surface area (Å²) in [5.41, 5.74) is 13.1. The molecule has 258 valence electrons. The Labute approximate surface area is 274 Å². The molecule has 0 bridgehead atoms. The third-order valence-corrected chi connectivity index (χ3v) is 7.95. The van der Waals surface area contributed by atoms with Crippen molar-refractivity contribution in [1.29, 1.82) is 0 Å². The van der Waals surface area contributed by atoms with E-state index in [1.54, 1.807) is 36.4 Å². The van der Waals surface area contributed by atoms with Gasteiger partial charge in [0, 0.05) is 34.6 Å². The van der Waals surface area contributed by atoms with Crippen molar-refractivity contribution in [3.8, 4) is 11.5 Å². The Bertz CT molecular complexity index is 1440. The summed E-state index contributed by atoms with van der Waals surface area (Å²) in [6.45, 7) is -1.11. The lowest BCUT2D eigenvalue weighted by Crippen LogP contribution is -2.63. The van der Waals surface area contributed by atoms with E-state index < -0.39 is 86.3 Å². The maximum absolute atomic E-state index is 12.9. The van der Waals surface area contributed by atoms with E-state index in [0.717, 1.165) is 0 Å². The summed E-state index contributed by atoms with van der Waals surface area (Å²) in [4.78, 5) is 25.9. The van der Waals surface area contributed by atoms with Gasteiger partial charge in [0.1, 0.15) is 48.1 Å². The van der Waals surface area contributed by atoms with E-state index >= 15 is 0 Å². The second-order valence-corrected chi connectivity index (χ2v) is 11.3. The predicted molar refractivity (Wildman–Crippen MR) is 168 cm³/mol. The van der Waals surface area contributed by atoms with Gasteiger partial charge in [-0.25, -0.2) is 0 Å². The Morgan fingerprint density at radius 1 is 0.625 bits per heavy atom. The minimum Gasteiger partial charge on any atom is -0.463 e. The zero-order valence-electron chi connectivity index (χ0n) is 25.4. The number of aliphatic hydroxyl groups excluding tert-OH is 6. The Balaban J connectivity index is 1.17. The molecule has 10 unspecified atom stereocenters. The molecule has 2 heterocycles. The molecule has 2 saturated heterocycles. The number of ether oxygens (including phenoxy) is 4. The van der Waals surface area contributed by atoms with Crippen molar-refractivity contribution >= 4 is 23.2 Å². The first-order chi connectivity index (χ1) is 23.0. The Hall–Kier alpha value is -4.20. The lowest BCUT2D eigenvalue weighted by molar-refractivity contribution is -0.239. The third kappa shape index (κ3) is 7.91. The van der Waals surface area contributed by atoms with Crippen molar-refractivity contribution < 1.29 is 59.2 Å². The average molecular weight is 671 g/mol. The fourth-order valence-electron chi connectivity index (χ4n) is 5.16. The van der Waals surface area contributed by atoms with Gasteiger partial charge >= 0.3 is 0 Å². The molecule has 0 saturated carbocycles. The maximum Gasteiger partial charge on any atom is 0.255 e. The predicted octanol–water partition coefficient (Wildman–Crippen LogP) is -1.52. The number of rotatable bonds is 10. The molecule has 16 nitrogen and oxygen atoms in total. The van der Waals surface area contributed by atoms with Gasteiger partial charge in [0.25, 0.3) is 11.8 Å². The number of anilines is 2. The second kappa shape index (κ2) is 15.3. The molecule has 5 rings (SSSR count). The zero-order valence-corrected chi connectivity index (χ0v) is 25.4. The third-order valence-electron chi connectivity index (χ3n) is 7.95. The van der Waals surface area contributed by atoms with Crippen LogP contribution in [0, 0.1) is 0 Å². The fourth-order valence-corrected chi connectivity index (χ4v) is 5.16. The van der Waals surface area contributed by atoms with Crippen molar-refractivity contribution in [1.82, 2.24) is 0 Å². The summed E-state index contributed by atoms with van der Waals surface area (Å²) in [6, 6.07) is 16.3. The number of amides is 2. The summed E-state index contributed by atoms with van der Waals surface area (Å²) in [7, 11) is 0. The number of carbonyl (C=O) groups excluding carboxylic acids is 2. The highest BCUT2D eigenvalue weighted by Gasteiger charge is 2.44. The van der Waals surface area contributed by atoms with E-state index in [1.807, 2.05) is 0 Å². The van der Waals surface area contributed by atoms with Crippen molar-refractivity contribution in [2.45, 2.75) is 61.3 Å². The minimum absolute atomic E-state index is 0.245. The van der Waals surface area contributed by atoms with Gasteiger partial charge in [-0.2, -0.15) is 0 Å². The van der Waals surface area contributed by atoms with Crippen LogP contribution in [0.3, 0.4) is 0 Å². The van der Waals surface area contributed by atoms with Crippen molar-refractivity contribution in [3.05, 3.63) is 83.9 Å². The van der Waals surface area contributed by atoms with Gasteiger partial charge in [-0.3, -0.25) is 9.59 Å². The van der Waals surface area contributed by atoms with Gasteiger partial charge < -0.3 is 71.7 Å². The Morgan fingerprint density at radius 2 is 1.00 bits per heavy atom. The van der Waals surface area contributed by atoms with Crippen LogP contribution in [-0.4, -0.2) is 117 Å². The van der Waals surface area contributed by atoms with E-state index in [2.05, 4.69) is 10.6 Å². The van der Waals surface area contributed by atoms with Crippen LogP contribution >= 0.6 is 0 Å². The molecule has 2 amide bonds. The molecule has 16 heteroatoms. The van der Waals surface area contributed by atoms with E-state index in [-0.39, 0.29) is 22.6 Å². The van der Waals surface area contributed by atoms with Crippen LogP contribution in [0.1, 0.15) is 20.7 Å². The van der Waals surface area contributed by atoms with Crippen LogP contribution in [0.2, 0.25) is 0 Å². The number of aliphatic hydroxyl groups is 6. The first-order valence-corrected chi connectivity index (χ1v) is 15.0. The molecule has 12 N–H and O–H groups in total. The number of nitrogens with one attached hydrogen (secondary N) is 2. The van der Waals surface area contributed by atoms with E-state index in [1.165, 1.54) is 36.4 Å². The van der Waals surface area contributed by atoms with Gasteiger partial charge in [-0.05, 0) is 48.5 Å². The van der Waals surface area contributed by atoms with E-state index in [4.69, 9.17) is 30.4 Å². The lowest BCUT2D eigenvalue weighted by Gasteiger charge is -2.40. The zero-order chi connectivity index (χ0) is 34.5. The fraction of sp³-hybridized carbons (Fsp3) is 0.375.